The zero-order valence-corrected chi connectivity index (χ0v) is 27.5. The van der Waals surface area contributed by atoms with Gasteiger partial charge in [-0.2, -0.15) is 8.78 Å². The van der Waals surface area contributed by atoms with Crippen LogP contribution in [0.4, 0.5) is 22.0 Å². The summed E-state index contributed by atoms with van der Waals surface area (Å²) in [6.07, 6.45) is -3.18. The van der Waals surface area contributed by atoms with Crippen LogP contribution in [-0.4, -0.2) is 65.3 Å². The van der Waals surface area contributed by atoms with Gasteiger partial charge in [-0.1, -0.05) is 18.2 Å². The average molecular weight is 731 g/mol. The molecule has 52 heavy (non-hydrogen) atoms. The smallest absolute Gasteiger partial charge is 0.268 e. The number of H-pyrrole nitrogens is 1. The van der Waals surface area contributed by atoms with Crippen molar-refractivity contribution in [2.24, 2.45) is 5.92 Å². The number of hydrogen-bond donors (Lipinski definition) is 5. The number of ether oxygens (including phenoxy) is 2. The monoisotopic (exact) mass is 730 g/mol. The van der Waals surface area contributed by atoms with E-state index in [2.05, 4.69) is 15.6 Å². The van der Waals surface area contributed by atoms with Crippen molar-refractivity contribution in [1.82, 2.24) is 20.9 Å². The Morgan fingerprint density at radius 3 is 2.25 bits per heavy atom. The minimum atomic E-state index is -2.04. The van der Waals surface area contributed by atoms with Crippen LogP contribution in [0.25, 0.3) is 10.9 Å². The third-order valence-electron chi connectivity index (χ3n) is 8.36. The normalized spacial score (nSPS) is 15.9. The number of carbonyl (C=O) groups excluding carboxylic acids is 5. The van der Waals surface area contributed by atoms with Crippen LogP contribution in [0.5, 0.6) is 11.5 Å². The summed E-state index contributed by atoms with van der Waals surface area (Å²) in [4.78, 5) is 67.9. The lowest BCUT2D eigenvalue weighted by molar-refractivity contribution is -0.131. The highest BCUT2D eigenvalue weighted by atomic mass is 19.2. The van der Waals surface area contributed by atoms with Gasteiger partial charge < -0.3 is 30.2 Å². The van der Waals surface area contributed by atoms with Crippen LogP contribution in [0, 0.1) is 35.0 Å². The van der Waals surface area contributed by atoms with Crippen molar-refractivity contribution >= 4 is 40.3 Å². The molecule has 274 valence electrons. The van der Waals surface area contributed by atoms with Gasteiger partial charge in [0.25, 0.3) is 5.91 Å². The van der Waals surface area contributed by atoms with Gasteiger partial charge in [0.15, 0.2) is 23.2 Å². The number of ketones is 1. The van der Waals surface area contributed by atoms with Crippen molar-refractivity contribution in [1.29, 1.82) is 0 Å². The van der Waals surface area contributed by atoms with Crippen molar-refractivity contribution < 1.29 is 60.5 Å². The minimum absolute atomic E-state index is 0.00355. The summed E-state index contributed by atoms with van der Waals surface area (Å²) >= 11 is 0. The van der Waals surface area contributed by atoms with E-state index in [4.69, 9.17) is 9.47 Å². The molecule has 5 N–H and O–H groups in total. The Kier molecular flexibility index (Phi) is 11.2. The Labute approximate surface area is 291 Å². The van der Waals surface area contributed by atoms with Crippen LogP contribution in [0.3, 0.4) is 0 Å². The van der Waals surface area contributed by atoms with Gasteiger partial charge in [0, 0.05) is 29.7 Å². The number of benzene rings is 3. The molecular formula is C35H31F5N4O8. The Hall–Kier alpha value is -5.84. The molecule has 12 nitrogen and oxygen atoms in total. The molecule has 0 spiro atoms. The van der Waals surface area contributed by atoms with Crippen molar-refractivity contribution in [3.05, 3.63) is 94.4 Å². The van der Waals surface area contributed by atoms with Crippen molar-refractivity contribution in [3.63, 3.8) is 0 Å². The fourth-order valence-electron chi connectivity index (χ4n) is 5.76. The lowest BCUT2D eigenvalue weighted by Crippen LogP contribution is -2.53. The van der Waals surface area contributed by atoms with Crippen LogP contribution >= 0.6 is 0 Å². The second-order valence-electron chi connectivity index (χ2n) is 12.0. The summed E-state index contributed by atoms with van der Waals surface area (Å²) in [5.74, 6) is -15.5. The minimum Gasteiger partial charge on any atom is -0.496 e. The molecule has 1 aliphatic rings. The van der Waals surface area contributed by atoms with E-state index in [1.165, 1.54) is 25.3 Å². The molecule has 0 bridgehead atoms. The third kappa shape index (κ3) is 8.04. The summed E-state index contributed by atoms with van der Waals surface area (Å²) < 4.78 is 82.6. The molecule has 4 atom stereocenters. The summed E-state index contributed by atoms with van der Waals surface area (Å²) in [5.41, 5.74) is -0.530. The number of fused-ring (bicyclic) bond motifs is 1. The van der Waals surface area contributed by atoms with Gasteiger partial charge in [0.2, 0.25) is 29.4 Å². The van der Waals surface area contributed by atoms with Gasteiger partial charge in [0.05, 0.1) is 24.8 Å². The first-order chi connectivity index (χ1) is 24.7. The SMILES string of the molecule is COc1cccc2[nH]c(C(=O)N[C@@H](Cc3cccc(F)c3)C(=O)N[C@@H](C[C@@H]3CC(=O)NC3=O)C(=O)COc3c(F)c(F)c(C(C)O)c(F)c3F)cc12. The third-order valence-corrected chi connectivity index (χ3v) is 8.36. The van der Waals surface area contributed by atoms with E-state index < -0.39 is 107 Å². The van der Waals surface area contributed by atoms with Crippen molar-refractivity contribution in [2.75, 3.05) is 13.7 Å². The number of halogens is 5. The molecule has 3 aromatic carbocycles. The Balaban J connectivity index is 1.42. The fraction of sp³-hybridized carbons (Fsp3) is 0.286. The molecule has 0 saturated carbocycles. The van der Waals surface area contributed by atoms with Gasteiger partial charge in [-0.15, -0.1) is 0 Å². The quantitative estimate of drug-likeness (QED) is 0.0745. The number of nitrogens with one attached hydrogen (secondary N) is 4. The number of amides is 4. The molecule has 5 rings (SSSR count). The van der Waals surface area contributed by atoms with E-state index >= 15 is 0 Å². The number of methoxy groups -OCH3 is 1. The van der Waals surface area contributed by atoms with Crippen molar-refractivity contribution in [2.45, 2.75) is 44.4 Å². The molecule has 1 unspecified atom stereocenters. The standard InChI is InChI=1S/C35H31F5N4O8/c1-15(45)27-28(37)30(39)32(31(40)29(27)38)52-14-24(46)21(11-17-12-26(47)44-33(17)48)42-34(49)22(10-16-5-3-6-18(36)9-16)43-35(50)23-13-19-20(41-23)7-4-8-25(19)51-2/h3-9,13,15,17,21-22,41,45H,10-12,14H2,1-2H3,(H,42,49)(H,43,50)(H,44,47,48)/t15?,17-,21+,22+/m1/s1. The van der Waals surface area contributed by atoms with Crippen LogP contribution in [0.2, 0.25) is 0 Å². The summed E-state index contributed by atoms with van der Waals surface area (Å²) in [6, 6.07) is 8.35. The maximum absolute atomic E-state index is 14.7. The van der Waals surface area contributed by atoms with Gasteiger partial charge >= 0.3 is 0 Å². The number of aliphatic hydroxyl groups is 1. The lowest BCUT2D eigenvalue weighted by atomic mass is 9.95. The molecule has 17 heteroatoms. The van der Waals surface area contributed by atoms with Gasteiger partial charge in [-0.3, -0.25) is 29.3 Å². The van der Waals surface area contributed by atoms with E-state index in [-0.39, 0.29) is 24.1 Å². The molecule has 4 amide bonds. The first kappa shape index (κ1) is 37.4. The summed E-state index contributed by atoms with van der Waals surface area (Å²) in [7, 11) is 1.44. The Morgan fingerprint density at radius 1 is 0.942 bits per heavy atom. The van der Waals surface area contributed by atoms with E-state index in [0.29, 0.717) is 16.7 Å². The number of rotatable bonds is 14. The maximum Gasteiger partial charge on any atom is 0.268 e. The van der Waals surface area contributed by atoms with Crippen molar-refractivity contribution in [3.8, 4) is 11.5 Å². The van der Waals surface area contributed by atoms with Crippen LogP contribution < -0.4 is 25.4 Å². The van der Waals surface area contributed by atoms with Crippen LogP contribution in [-0.2, 0) is 25.6 Å². The molecule has 1 aliphatic heterocycles. The average Bonchev–Trinajstić information content (AvgIpc) is 3.68. The van der Waals surface area contributed by atoms with Gasteiger partial charge in [-0.25, -0.2) is 13.2 Å². The molecule has 0 radical (unpaired) electrons. The zero-order chi connectivity index (χ0) is 37.9. The van der Waals surface area contributed by atoms with Crippen LogP contribution in [0.1, 0.15) is 47.5 Å². The molecular weight excluding hydrogens is 699 g/mol. The summed E-state index contributed by atoms with van der Waals surface area (Å²) in [6.45, 7) is -0.436. The molecule has 0 aliphatic carbocycles. The first-order valence-corrected chi connectivity index (χ1v) is 15.7. The number of carbonyl (C=O) groups is 5. The fourth-order valence-corrected chi connectivity index (χ4v) is 5.76. The van der Waals surface area contributed by atoms with E-state index in [0.717, 1.165) is 19.1 Å². The predicted molar refractivity (Wildman–Crippen MR) is 171 cm³/mol. The maximum atomic E-state index is 14.7. The summed E-state index contributed by atoms with van der Waals surface area (Å²) in [5, 5.41) is 17.0. The predicted octanol–water partition coefficient (Wildman–Crippen LogP) is 3.45. The van der Waals surface area contributed by atoms with E-state index in [9.17, 15) is 51.0 Å². The second kappa shape index (κ2) is 15.6. The zero-order valence-electron chi connectivity index (χ0n) is 27.5. The number of aromatic nitrogens is 1. The highest BCUT2D eigenvalue weighted by molar-refractivity contribution is 6.04. The lowest BCUT2D eigenvalue weighted by Gasteiger charge is -2.24. The molecule has 1 saturated heterocycles. The van der Waals surface area contributed by atoms with E-state index in [1.807, 2.05) is 5.32 Å². The highest BCUT2D eigenvalue weighted by Crippen LogP contribution is 2.33. The molecule has 2 heterocycles. The second-order valence-corrected chi connectivity index (χ2v) is 12.0. The number of aromatic amines is 1. The Bertz CT molecular complexity index is 2040. The topological polar surface area (TPSA) is 176 Å². The number of Topliss-reactive ketones (excluding diaryl/α,β-unsaturated/α-hetero) is 1. The Morgan fingerprint density at radius 2 is 1.63 bits per heavy atom. The molecule has 1 fully saturated rings. The first-order valence-electron chi connectivity index (χ1n) is 15.7. The molecule has 1 aromatic heterocycles. The van der Waals surface area contributed by atoms with E-state index in [1.54, 1.807) is 18.2 Å². The van der Waals surface area contributed by atoms with Gasteiger partial charge in [0.1, 0.15) is 29.9 Å². The highest BCUT2D eigenvalue weighted by Gasteiger charge is 2.37. The van der Waals surface area contributed by atoms with Crippen LogP contribution in [0.15, 0.2) is 48.5 Å². The number of hydrogen-bond acceptors (Lipinski definition) is 8. The largest absolute Gasteiger partial charge is 0.496 e. The van der Waals surface area contributed by atoms with Gasteiger partial charge in [-0.05, 0) is 49.2 Å². The molecule has 4 aromatic rings. The number of imide groups is 1. The number of aliphatic hydroxyl groups excluding tert-OH is 1.